The standard InChI is InChI=1S/C11H21NO2.ClH/c1-2-11(13)14-8-7-9-5-3-4-6-10(9)12;/h9-10H,2-8,12H2,1H3;1H/t9?,10-;/m0./s1. The number of ether oxygens (including phenoxy) is 1. The Balaban J connectivity index is 0.00000196. The molecule has 0 aromatic rings. The number of carbonyl (C=O) groups is 1. The van der Waals surface area contributed by atoms with Crippen molar-refractivity contribution in [1.82, 2.24) is 0 Å². The number of hydrogen-bond acceptors (Lipinski definition) is 3. The van der Waals surface area contributed by atoms with Crippen molar-refractivity contribution >= 4 is 18.4 Å². The van der Waals surface area contributed by atoms with Crippen LogP contribution in [0.15, 0.2) is 0 Å². The van der Waals surface area contributed by atoms with Crippen LogP contribution in [0.1, 0.15) is 45.4 Å². The van der Waals surface area contributed by atoms with E-state index in [9.17, 15) is 4.79 Å². The van der Waals surface area contributed by atoms with Crippen LogP contribution in [0, 0.1) is 5.92 Å². The third kappa shape index (κ3) is 5.38. The van der Waals surface area contributed by atoms with Crippen LogP contribution in [0.4, 0.5) is 0 Å². The molecule has 1 saturated carbocycles. The monoisotopic (exact) mass is 235 g/mol. The zero-order chi connectivity index (χ0) is 10.4. The van der Waals surface area contributed by atoms with Crippen LogP contribution in [0.2, 0.25) is 0 Å². The first-order valence-electron chi connectivity index (χ1n) is 5.65. The van der Waals surface area contributed by atoms with E-state index in [4.69, 9.17) is 10.5 Å². The van der Waals surface area contributed by atoms with Crippen LogP contribution in [-0.4, -0.2) is 18.6 Å². The summed E-state index contributed by atoms with van der Waals surface area (Å²) in [7, 11) is 0. The van der Waals surface area contributed by atoms with E-state index in [0.717, 1.165) is 12.8 Å². The topological polar surface area (TPSA) is 52.3 Å². The van der Waals surface area contributed by atoms with Gasteiger partial charge in [0.25, 0.3) is 0 Å². The van der Waals surface area contributed by atoms with Gasteiger partial charge in [-0.05, 0) is 25.2 Å². The normalized spacial score (nSPS) is 25.5. The molecule has 1 unspecified atom stereocenters. The molecular weight excluding hydrogens is 214 g/mol. The first-order chi connectivity index (χ1) is 6.74. The van der Waals surface area contributed by atoms with Gasteiger partial charge < -0.3 is 10.5 Å². The van der Waals surface area contributed by atoms with Gasteiger partial charge in [-0.15, -0.1) is 12.4 Å². The number of nitrogens with two attached hydrogens (primary N) is 1. The Morgan fingerprint density at radius 2 is 2.07 bits per heavy atom. The first-order valence-corrected chi connectivity index (χ1v) is 5.65. The fraction of sp³-hybridized carbons (Fsp3) is 0.909. The number of hydrogen-bond donors (Lipinski definition) is 1. The second-order valence-electron chi connectivity index (χ2n) is 4.07. The summed E-state index contributed by atoms with van der Waals surface area (Å²) in [5.41, 5.74) is 5.99. The minimum atomic E-state index is -0.102. The molecule has 1 rings (SSSR count). The average Bonchev–Trinajstić information content (AvgIpc) is 2.20. The van der Waals surface area contributed by atoms with Gasteiger partial charge in [-0.25, -0.2) is 0 Å². The summed E-state index contributed by atoms with van der Waals surface area (Å²) in [5, 5.41) is 0. The van der Waals surface area contributed by atoms with Crippen LogP contribution < -0.4 is 5.73 Å². The van der Waals surface area contributed by atoms with Crippen molar-refractivity contribution in [3.05, 3.63) is 0 Å². The van der Waals surface area contributed by atoms with E-state index in [-0.39, 0.29) is 18.4 Å². The highest BCUT2D eigenvalue weighted by molar-refractivity contribution is 5.85. The Kier molecular flexibility index (Phi) is 7.79. The summed E-state index contributed by atoms with van der Waals surface area (Å²) in [6.07, 6.45) is 6.27. The van der Waals surface area contributed by atoms with E-state index in [1.165, 1.54) is 19.3 Å². The van der Waals surface area contributed by atoms with Crippen LogP contribution in [0.25, 0.3) is 0 Å². The summed E-state index contributed by atoms with van der Waals surface area (Å²) in [6.45, 7) is 2.36. The van der Waals surface area contributed by atoms with Crippen molar-refractivity contribution < 1.29 is 9.53 Å². The molecule has 0 saturated heterocycles. The van der Waals surface area contributed by atoms with Crippen molar-refractivity contribution in [1.29, 1.82) is 0 Å². The Bertz CT molecular complexity index is 187. The molecule has 15 heavy (non-hydrogen) atoms. The molecule has 1 aliphatic rings. The van der Waals surface area contributed by atoms with Gasteiger partial charge in [-0.1, -0.05) is 19.8 Å². The van der Waals surface area contributed by atoms with Crippen LogP contribution >= 0.6 is 12.4 Å². The minimum Gasteiger partial charge on any atom is -0.466 e. The third-order valence-electron chi connectivity index (χ3n) is 3.01. The van der Waals surface area contributed by atoms with Crippen LogP contribution in [-0.2, 0) is 9.53 Å². The van der Waals surface area contributed by atoms with Crippen molar-refractivity contribution in [2.45, 2.75) is 51.5 Å². The lowest BCUT2D eigenvalue weighted by atomic mass is 9.83. The number of rotatable bonds is 4. The van der Waals surface area contributed by atoms with Gasteiger partial charge in [-0.2, -0.15) is 0 Å². The molecule has 0 aromatic heterocycles. The van der Waals surface area contributed by atoms with E-state index in [1.807, 2.05) is 6.92 Å². The van der Waals surface area contributed by atoms with Gasteiger partial charge in [-0.3, -0.25) is 4.79 Å². The number of halogens is 1. The molecule has 0 aromatic carbocycles. The highest BCUT2D eigenvalue weighted by Crippen LogP contribution is 2.25. The van der Waals surface area contributed by atoms with Gasteiger partial charge in [0.2, 0.25) is 0 Å². The Hall–Kier alpha value is -0.280. The lowest BCUT2D eigenvalue weighted by Gasteiger charge is -2.28. The molecule has 0 heterocycles. The van der Waals surface area contributed by atoms with E-state index < -0.39 is 0 Å². The largest absolute Gasteiger partial charge is 0.466 e. The first kappa shape index (κ1) is 14.7. The molecule has 0 spiro atoms. The van der Waals surface area contributed by atoms with Gasteiger partial charge in [0.1, 0.15) is 0 Å². The van der Waals surface area contributed by atoms with Crippen LogP contribution in [0.3, 0.4) is 0 Å². The quantitative estimate of drug-likeness (QED) is 0.761. The molecule has 0 bridgehead atoms. The molecule has 1 fully saturated rings. The fourth-order valence-electron chi connectivity index (χ4n) is 2.02. The molecular formula is C11H22ClNO2. The third-order valence-corrected chi connectivity index (χ3v) is 3.01. The molecule has 1 aliphatic carbocycles. The number of esters is 1. The zero-order valence-corrected chi connectivity index (χ0v) is 10.2. The highest BCUT2D eigenvalue weighted by atomic mass is 35.5. The smallest absolute Gasteiger partial charge is 0.305 e. The van der Waals surface area contributed by atoms with E-state index in [2.05, 4.69) is 0 Å². The van der Waals surface area contributed by atoms with Gasteiger partial charge in [0.05, 0.1) is 6.61 Å². The molecule has 0 amide bonds. The maximum absolute atomic E-state index is 10.9. The fourth-order valence-corrected chi connectivity index (χ4v) is 2.02. The van der Waals surface area contributed by atoms with Gasteiger partial charge in [0.15, 0.2) is 0 Å². The summed E-state index contributed by atoms with van der Waals surface area (Å²) in [6, 6.07) is 0.323. The molecule has 4 heteroatoms. The van der Waals surface area contributed by atoms with Crippen molar-refractivity contribution in [3.63, 3.8) is 0 Å². The minimum absolute atomic E-state index is 0. The SMILES string of the molecule is CCC(=O)OCCC1CCCC[C@@H]1N.Cl. The van der Waals surface area contributed by atoms with Crippen molar-refractivity contribution in [2.75, 3.05) is 6.61 Å². The molecule has 0 radical (unpaired) electrons. The van der Waals surface area contributed by atoms with E-state index in [1.54, 1.807) is 0 Å². The average molecular weight is 236 g/mol. The molecule has 2 N–H and O–H groups in total. The summed E-state index contributed by atoms with van der Waals surface area (Å²) >= 11 is 0. The zero-order valence-electron chi connectivity index (χ0n) is 9.41. The summed E-state index contributed by atoms with van der Waals surface area (Å²) in [5.74, 6) is 0.461. The second-order valence-corrected chi connectivity index (χ2v) is 4.07. The lowest BCUT2D eigenvalue weighted by molar-refractivity contribution is -0.143. The summed E-state index contributed by atoms with van der Waals surface area (Å²) in [4.78, 5) is 10.9. The van der Waals surface area contributed by atoms with E-state index in [0.29, 0.717) is 25.0 Å². The summed E-state index contributed by atoms with van der Waals surface area (Å²) < 4.78 is 5.05. The molecule has 0 aliphatic heterocycles. The molecule has 90 valence electrons. The predicted molar refractivity (Wildman–Crippen MR) is 63.0 cm³/mol. The second kappa shape index (κ2) is 7.94. The maximum atomic E-state index is 10.9. The van der Waals surface area contributed by atoms with Gasteiger partial charge >= 0.3 is 5.97 Å². The van der Waals surface area contributed by atoms with Crippen LogP contribution in [0.5, 0.6) is 0 Å². The maximum Gasteiger partial charge on any atom is 0.305 e. The van der Waals surface area contributed by atoms with Crippen molar-refractivity contribution in [3.8, 4) is 0 Å². The van der Waals surface area contributed by atoms with E-state index >= 15 is 0 Å². The Morgan fingerprint density at radius 3 is 2.67 bits per heavy atom. The Morgan fingerprint density at radius 1 is 1.40 bits per heavy atom. The highest BCUT2D eigenvalue weighted by Gasteiger charge is 2.21. The lowest BCUT2D eigenvalue weighted by Crippen LogP contribution is -2.33. The Labute approximate surface area is 98.2 Å². The van der Waals surface area contributed by atoms with Crippen molar-refractivity contribution in [2.24, 2.45) is 11.7 Å². The molecule has 3 nitrogen and oxygen atoms in total. The molecule has 2 atom stereocenters. The number of carbonyl (C=O) groups excluding carboxylic acids is 1. The predicted octanol–water partition coefficient (Wildman–Crippen LogP) is 2.27. The van der Waals surface area contributed by atoms with Gasteiger partial charge in [0, 0.05) is 12.5 Å².